The molecule has 0 radical (unpaired) electrons. The molecule has 4 rings (SSSR count). The van der Waals surface area contributed by atoms with Crippen molar-refractivity contribution in [2.75, 3.05) is 32.4 Å². The summed E-state index contributed by atoms with van der Waals surface area (Å²) in [5, 5.41) is 10.7. The van der Waals surface area contributed by atoms with Crippen molar-refractivity contribution in [3.8, 4) is 11.5 Å². The summed E-state index contributed by atoms with van der Waals surface area (Å²) in [6, 6.07) is 6.00. The zero-order valence-corrected chi connectivity index (χ0v) is 21.4. The lowest BCUT2D eigenvalue weighted by Crippen LogP contribution is -2.47. The van der Waals surface area contributed by atoms with Crippen LogP contribution in [0.4, 0.5) is 5.69 Å². The number of carbonyl (C=O) groups excluding carboxylic acids is 1. The van der Waals surface area contributed by atoms with E-state index >= 15 is 0 Å². The number of amides is 1. The van der Waals surface area contributed by atoms with Gasteiger partial charge in [0.1, 0.15) is 18.1 Å². The Hall–Kier alpha value is -2.84. The minimum atomic E-state index is -0.362. The number of thiophene rings is 1. The molecule has 0 saturated carbocycles. The third-order valence-electron chi connectivity index (χ3n) is 6.28. The normalized spacial score (nSPS) is 20.4. The van der Waals surface area contributed by atoms with Gasteiger partial charge in [0.15, 0.2) is 5.71 Å². The van der Waals surface area contributed by atoms with Gasteiger partial charge in [0.25, 0.3) is 5.91 Å². The fourth-order valence-corrected chi connectivity index (χ4v) is 4.60. The second-order valence-electron chi connectivity index (χ2n) is 9.62. The summed E-state index contributed by atoms with van der Waals surface area (Å²) in [5.41, 5.74) is 3.33. The molecule has 1 atom stereocenters. The summed E-state index contributed by atoms with van der Waals surface area (Å²) in [7, 11) is 3.45. The van der Waals surface area contributed by atoms with E-state index in [-0.39, 0.29) is 24.2 Å². The molecule has 1 aromatic carbocycles. The van der Waals surface area contributed by atoms with Crippen LogP contribution in [-0.2, 0) is 16.1 Å². The zero-order valence-electron chi connectivity index (χ0n) is 20.6. The van der Waals surface area contributed by atoms with Crippen LogP contribution in [0.1, 0.15) is 50.8 Å². The summed E-state index contributed by atoms with van der Waals surface area (Å²) in [4.78, 5) is 15.2. The second kappa shape index (κ2) is 9.80. The first-order chi connectivity index (χ1) is 16.2. The monoisotopic (exact) mass is 483 g/mol. The third-order valence-corrected chi connectivity index (χ3v) is 6.96. The van der Waals surface area contributed by atoms with Crippen molar-refractivity contribution in [2.24, 2.45) is 5.10 Å². The molecule has 1 unspecified atom stereocenters. The Balaban J connectivity index is 1.79. The van der Waals surface area contributed by atoms with Crippen LogP contribution in [0.2, 0.25) is 0 Å². The van der Waals surface area contributed by atoms with Gasteiger partial charge in [0.05, 0.1) is 25.4 Å². The molecule has 1 amide bonds. The summed E-state index contributed by atoms with van der Waals surface area (Å²) < 4.78 is 17.8. The maximum atomic E-state index is 13.5. The van der Waals surface area contributed by atoms with Crippen LogP contribution in [0.3, 0.4) is 0 Å². The lowest BCUT2D eigenvalue weighted by Gasteiger charge is -2.32. The average molecular weight is 484 g/mol. The van der Waals surface area contributed by atoms with Gasteiger partial charge in [-0.25, -0.2) is 0 Å². The van der Waals surface area contributed by atoms with Crippen LogP contribution >= 0.6 is 11.3 Å². The summed E-state index contributed by atoms with van der Waals surface area (Å²) >= 11 is 1.58. The van der Waals surface area contributed by atoms with E-state index in [1.54, 1.807) is 30.4 Å². The Kier molecular flexibility index (Phi) is 7.00. The smallest absolute Gasteiger partial charge is 0.274 e. The molecule has 2 aliphatic heterocycles. The quantitative estimate of drug-likeness (QED) is 0.600. The number of carbonyl (C=O) groups is 1. The summed E-state index contributed by atoms with van der Waals surface area (Å²) in [5.74, 6) is 1.24. The standard InChI is InChI=1S/C26H33N3O4S/c1-17-15-33-22-13-23(31-6)20(21-8-7-10-32-21)12-18(22)14-29(19-9-11-34-16-19)27-24(17)25(30)28(5)26(2,3)4/h9,11-13,16,21H,1,7-8,10,14-15H2,2-6H3/b27-24+. The topological polar surface area (TPSA) is 63.6 Å². The largest absolute Gasteiger partial charge is 0.496 e. The Bertz CT molecular complexity index is 1080. The van der Waals surface area contributed by atoms with Crippen molar-refractivity contribution in [1.29, 1.82) is 0 Å². The van der Waals surface area contributed by atoms with Gasteiger partial charge in [-0.1, -0.05) is 6.58 Å². The van der Waals surface area contributed by atoms with Gasteiger partial charge < -0.3 is 19.1 Å². The molecule has 0 N–H and O–H groups in total. The number of anilines is 1. The van der Waals surface area contributed by atoms with Crippen LogP contribution in [0, 0.1) is 0 Å². The van der Waals surface area contributed by atoms with Crippen molar-refractivity contribution in [1.82, 2.24) is 4.90 Å². The summed E-state index contributed by atoms with van der Waals surface area (Å²) in [6.07, 6.45) is 1.98. The Morgan fingerprint density at radius 1 is 1.35 bits per heavy atom. The minimum Gasteiger partial charge on any atom is -0.496 e. The molecular weight excluding hydrogens is 450 g/mol. The average Bonchev–Trinajstić information content (AvgIpc) is 3.53. The van der Waals surface area contributed by atoms with E-state index in [0.717, 1.165) is 42.0 Å². The molecule has 0 aliphatic carbocycles. The van der Waals surface area contributed by atoms with E-state index in [1.165, 1.54) is 0 Å². The maximum absolute atomic E-state index is 13.5. The predicted molar refractivity (Wildman–Crippen MR) is 136 cm³/mol. The van der Waals surface area contributed by atoms with Crippen molar-refractivity contribution < 1.29 is 19.0 Å². The van der Waals surface area contributed by atoms with Gasteiger partial charge in [0, 0.05) is 47.3 Å². The SMILES string of the molecule is C=C1COc2cc(OC)c(C3CCCO3)cc2CN(c2ccsc2)/N=C\1C(=O)N(C)C(C)(C)C. The van der Waals surface area contributed by atoms with Crippen LogP contribution < -0.4 is 14.5 Å². The molecule has 182 valence electrons. The number of nitrogens with zero attached hydrogens (tertiary/aromatic N) is 3. The zero-order chi connectivity index (χ0) is 24.5. The van der Waals surface area contributed by atoms with Gasteiger partial charge in [0.2, 0.25) is 0 Å². The van der Waals surface area contributed by atoms with Crippen molar-refractivity contribution in [2.45, 2.75) is 51.8 Å². The molecular formula is C26H33N3O4S. The van der Waals surface area contributed by atoms with E-state index in [2.05, 4.69) is 12.6 Å². The lowest BCUT2D eigenvalue weighted by atomic mass is 10.0. The fourth-order valence-electron chi connectivity index (χ4n) is 3.97. The van der Waals surface area contributed by atoms with E-state index in [9.17, 15) is 4.79 Å². The van der Waals surface area contributed by atoms with E-state index in [1.807, 2.05) is 48.7 Å². The number of methoxy groups -OCH3 is 1. The number of ether oxygens (including phenoxy) is 3. The first-order valence-electron chi connectivity index (χ1n) is 11.5. The lowest BCUT2D eigenvalue weighted by molar-refractivity contribution is -0.126. The summed E-state index contributed by atoms with van der Waals surface area (Å²) in [6.45, 7) is 11.5. The van der Waals surface area contributed by atoms with Gasteiger partial charge in [-0.05, 0) is 51.1 Å². The highest BCUT2D eigenvalue weighted by atomic mass is 32.1. The third kappa shape index (κ3) is 4.98. The van der Waals surface area contributed by atoms with Gasteiger partial charge in [-0.15, -0.1) is 0 Å². The molecule has 0 bridgehead atoms. The number of rotatable bonds is 4. The number of fused-ring (bicyclic) bond motifs is 1. The molecule has 3 heterocycles. The van der Waals surface area contributed by atoms with E-state index < -0.39 is 0 Å². The molecule has 8 heteroatoms. The second-order valence-corrected chi connectivity index (χ2v) is 10.4. The van der Waals surface area contributed by atoms with E-state index in [4.69, 9.17) is 19.3 Å². The molecule has 0 spiro atoms. The van der Waals surface area contributed by atoms with Gasteiger partial charge in [-0.3, -0.25) is 9.80 Å². The van der Waals surface area contributed by atoms with Crippen LogP contribution in [0.5, 0.6) is 11.5 Å². The molecule has 1 saturated heterocycles. The Morgan fingerprint density at radius 2 is 2.15 bits per heavy atom. The highest BCUT2D eigenvalue weighted by Crippen LogP contribution is 2.40. The number of hydrazone groups is 1. The Labute approximate surface area is 205 Å². The number of benzene rings is 1. The van der Waals surface area contributed by atoms with E-state index in [0.29, 0.717) is 23.6 Å². The first kappa shape index (κ1) is 24.3. The highest BCUT2D eigenvalue weighted by molar-refractivity contribution is 7.08. The molecule has 1 fully saturated rings. The number of hydrogen-bond acceptors (Lipinski definition) is 7. The first-order valence-corrected chi connectivity index (χ1v) is 12.4. The van der Waals surface area contributed by atoms with Crippen molar-refractivity contribution in [3.63, 3.8) is 0 Å². The van der Waals surface area contributed by atoms with Crippen LogP contribution in [-0.4, -0.2) is 49.4 Å². The molecule has 34 heavy (non-hydrogen) atoms. The van der Waals surface area contributed by atoms with Crippen molar-refractivity contribution >= 4 is 28.6 Å². The van der Waals surface area contributed by atoms with Gasteiger partial charge >= 0.3 is 0 Å². The molecule has 1 aromatic heterocycles. The number of hydrogen-bond donors (Lipinski definition) is 0. The van der Waals surface area contributed by atoms with Gasteiger partial charge in [-0.2, -0.15) is 16.4 Å². The van der Waals surface area contributed by atoms with Crippen molar-refractivity contribution in [3.05, 3.63) is 52.2 Å². The highest BCUT2D eigenvalue weighted by Gasteiger charge is 2.30. The predicted octanol–water partition coefficient (Wildman–Crippen LogP) is 5.18. The van der Waals surface area contributed by atoms with Crippen LogP contribution in [0.15, 0.2) is 46.2 Å². The molecule has 7 nitrogen and oxygen atoms in total. The van der Waals surface area contributed by atoms with Crippen LogP contribution in [0.25, 0.3) is 0 Å². The molecule has 2 aliphatic rings. The molecule has 2 aromatic rings. The Morgan fingerprint density at radius 3 is 2.76 bits per heavy atom. The minimum absolute atomic E-state index is 0.00137. The maximum Gasteiger partial charge on any atom is 0.274 e. The fraction of sp³-hybridized carbons (Fsp3) is 0.462.